The molecule has 5 unspecified atom stereocenters. The van der Waals surface area contributed by atoms with Crippen molar-refractivity contribution in [2.24, 2.45) is 5.92 Å². The maximum atomic E-state index is 12.2. The topological polar surface area (TPSA) is 67.9 Å². The van der Waals surface area contributed by atoms with E-state index in [9.17, 15) is 9.59 Å². The summed E-state index contributed by atoms with van der Waals surface area (Å²) in [6.07, 6.45) is 2.28. The van der Waals surface area contributed by atoms with Crippen LogP contribution in [0.25, 0.3) is 0 Å². The van der Waals surface area contributed by atoms with Crippen LogP contribution in [0.1, 0.15) is 72.5 Å². The van der Waals surface area contributed by atoms with E-state index in [1.807, 2.05) is 18.2 Å². The van der Waals surface area contributed by atoms with Crippen molar-refractivity contribution < 1.29 is 19.2 Å². The molecule has 0 radical (unpaired) electrons. The van der Waals surface area contributed by atoms with Crippen LogP contribution in [0.4, 0.5) is 0 Å². The van der Waals surface area contributed by atoms with Crippen LogP contribution in [0.3, 0.4) is 0 Å². The summed E-state index contributed by atoms with van der Waals surface area (Å²) in [5.74, 6) is -1.47. The highest BCUT2D eigenvalue weighted by Gasteiger charge is 2.54. The van der Waals surface area contributed by atoms with Crippen molar-refractivity contribution in [2.75, 3.05) is 7.11 Å². The van der Waals surface area contributed by atoms with Gasteiger partial charge in [0, 0.05) is 17.1 Å². The van der Waals surface area contributed by atoms with Gasteiger partial charge in [0.05, 0.1) is 7.11 Å². The number of hydrogen-bond acceptors (Lipinski definition) is 5. The van der Waals surface area contributed by atoms with Crippen molar-refractivity contribution in [1.82, 2.24) is 10.4 Å². The molecule has 0 saturated carbocycles. The Morgan fingerprint density at radius 3 is 2.34 bits per heavy atom. The number of rotatable bonds is 6. The molecule has 5 atom stereocenters. The monoisotopic (exact) mass is 404 g/mol. The third kappa shape index (κ3) is 4.64. The molecule has 1 aliphatic heterocycles. The van der Waals surface area contributed by atoms with E-state index in [2.05, 4.69) is 68.8 Å². The molecule has 29 heavy (non-hydrogen) atoms. The number of nitrogens with zero attached hydrogens (tertiary/aromatic N) is 1. The number of ether oxygens (including phenoxy) is 1. The Kier molecular flexibility index (Phi) is 7.46. The lowest BCUT2D eigenvalue weighted by atomic mass is 9.68. The zero-order chi connectivity index (χ0) is 21.8. The summed E-state index contributed by atoms with van der Waals surface area (Å²) in [4.78, 5) is 30.5. The zero-order valence-corrected chi connectivity index (χ0v) is 18.8. The van der Waals surface area contributed by atoms with Gasteiger partial charge in [-0.05, 0) is 51.5 Å². The van der Waals surface area contributed by atoms with E-state index in [1.165, 1.54) is 7.11 Å². The van der Waals surface area contributed by atoms with Crippen molar-refractivity contribution >= 4 is 11.9 Å². The molecule has 1 aromatic rings. The fraction of sp³-hybridized carbons (Fsp3) is 0.652. The summed E-state index contributed by atoms with van der Waals surface area (Å²) in [6.45, 7) is 12.8. The fourth-order valence-corrected chi connectivity index (χ4v) is 4.41. The molecule has 1 heterocycles. The van der Waals surface area contributed by atoms with Gasteiger partial charge in [0.15, 0.2) is 0 Å². The summed E-state index contributed by atoms with van der Waals surface area (Å²) in [5.41, 5.74) is 0.507. The lowest BCUT2D eigenvalue weighted by molar-refractivity contribution is -0.327. The standard InChI is InChI=1S/C23H36N2O4/c1-8-22(5)15-19(24-20(26)21(27)28-7)16(3)23(6,9-2)25(22)29-17(4)18-13-11-10-12-14-18/h10-14,16-17,19H,8-9,15H2,1-7H3,(H,24,26). The summed E-state index contributed by atoms with van der Waals surface area (Å²) in [6, 6.07) is 10.0. The van der Waals surface area contributed by atoms with Crippen LogP contribution < -0.4 is 5.32 Å². The molecule has 1 amide bonds. The molecule has 2 rings (SSSR count). The molecule has 6 heteroatoms. The number of benzene rings is 1. The van der Waals surface area contributed by atoms with Crippen LogP contribution >= 0.6 is 0 Å². The van der Waals surface area contributed by atoms with Crippen molar-refractivity contribution in [1.29, 1.82) is 0 Å². The van der Waals surface area contributed by atoms with Gasteiger partial charge in [-0.3, -0.25) is 9.63 Å². The summed E-state index contributed by atoms with van der Waals surface area (Å²) < 4.78 is 4.58. The van der Waals surface area contributed by atoms with Crippen LogP contribution in [0.5, 0.6) is 0 Å². The van der Waals surface area contributed by atoms with Crippen molar-refractivity contribution in [2.45, 2.75) is 84.0 Å². The molecule has 1 aromatic carbocycles. The Morgan fingerprint density at radius 2 is 1.83 bits per heavy atom. The second-order valence-electron chi connectivity index (χ2n) is 8.58. The van der Waals surface area contributed by atoms with Crippen LogP contribution in [0, 0.1) is 5.92 Å². The molecule has 0 spiro atoms. The van der Waals surface area contributed by atoms with E-state index in [4.69, 9.17) is 4.84 Å². The Balaban J connectivity index is 2.34. The van der Waals surface area contributed by atoms with Crippen molar-refractivity contribution in [3.8, 4) is 0 Å². The molecular formula is C23H36N2O4. The molecule has 1 saturated heterocycles. The molecule has 0 aliphatic carbocycles. The van der Waals surface area contributed by atoms with E-state index in [0.717, 1.165) is 18.4 Å². The second kappa shape index (κ2) is 9.26. The highest BCUT2D eigenvalue weighted by Crippen LogP contribution is 2.47. The maximum Gasteiger partial charge on any atom is 0.396 e. The first-order chi connectivity index (χ1) is 13.6. The Bertz CT molecular complexity index is 710. The van der Waals surface area contributed by atoms with Gasteiger partial charge < -0.3 is 10.1 Å². The van der Waals surface area contributed by atoms with Gasteiger partial charge in [-0.2, -0.15) is 5.06 Å². The quantitative estimate of drug-likeness (QED) is 0.573. The Labute approximate surface area is 174 Å². The number of amides is 1. The number of nitrogens with one attached hydrogen (secondary N) is 1. The fourth-order valence-electron chi connectivity index (χ4n) is 4.41. The molecule has 162 valence electrons. The number of esters is 1. The van der Waals surface area contributed by atoms with Crippen LogP contribution in [0.15, 0.2) is 30.3 Å². The third-order valence-corrected chi connectivity index (χ3v) is 6.90. The Morgan fingerprint density at radius 1 is 1.21 bits per heavy atom. The molecule has 0 bridgehead atoms. The first-order valence-corrected chi connectivity index (χ1v) is 10.5. The lowest BCUT2D eigenvalue weighted by Crippen LogP contribution is -2.70. The number of piperidine rings is 1. The average Bonchev–Trinajstić information content (AvgIpc) is 2.74. The lowest BCUT2D eigenvalue weighted by Gasteiger charge is -2.60. The van der Waals surface area contributed by atoms with Crippen LogP contribution in [-0.4, -0.2) is 41.2 Å². The van der Waals surface area contributed by atoms with Gasteiger partial charge in [-0.25, -0.2) is 4.79 Å². The number of carbonyl (C=O) groups is 2. The predicted molar refractivity (Wildman–Crippen MR) is 113 cm³/mol. The van der Waals surface area contributed by atoms with Crippen molar-refractivity contribution in [3.05, 3.63) is 35.9 Å². The molecule has 6 nitrogen and oxygen atoms in total. The molecule has 1 fully saturated rings. The number of methoxy groups -OCH3 is 1. The van der Waals surface area contributed by atoms with E-state index in [-0.39, 0.29) is 29.1 Å². The number of hydrogen-bond donors (Lipinski definition) is 1. The predicted octanol–water partition coefficient (Wildman–Crippen LogP) is 4.02. The third-order valence-electron chi connectivity index (χ3n) is 6.90. The van der Waals surface area contributed by atoms with E-state index >= 15 is 0 Å². The molecule has 1 aliphatic rings. The maximum absolute atomic E-state index is 12.2. The minimum Gasteiger partial charge on any atom is -0.462 e. The van der Waals surface area contributed by atoms with Crippen LogP contribution in [-0.2, 0) is 19.2 Å². The molecule has 0 aromatic heterocycles. The normalized spacial score (nSPS) is 31.1. The largest absolute Gasteiger partial charge is 0.462 e. The van der Waals surface area contributed by atoms with Crippen molar-refractivity contribution in [3.63, 3.8) is 0 Å². The first-order valence-electron chi connectivity index (χ1n) is 10.5. The second-order valence-corrected chi connectivity index (χ2v) is 8.58. The van der Waals surface area contributed by atoms with Crippen LogP contribution in [0.2, 0.25) is 0 Å². The number of hydroxylamine groups is 2. The number of carbonyl (C=O) groups excluding carboxylic acids is 2. The smallest absolute Gasteiger partial charge is 0.396 e. The summed E-state index contributed by atoms with van der Waals surface area (Å²) >= 11 is 0. The Hall–Kier alpha value is -1.92. The van der Waals surface area contributed by atoms with Gasteiger partial charge in [-0.15, -0.1) is 0 Å². The SMILES string of the molecule is CCC1(C)CC(NC(=O)C(=O)OC)C(C)C(C)(CC)N1OC(C)c1ccccc1. The van der Waals surface area contributed by atoms with Gasteiger partial charge in [0.2, 0.25) is 0 Å². The van der Waals surface area contributed by atoms with Gasteiger partial charge in [-0.1, -0.05) is 51.1 Å². The molecular weight excluding hydrogens is 368 g/mol. The van der Waals surface area contributed by atoms with Gasteiger partial charge >= 0.3 is 11.9 Å². The minimum absolute atomic E-state index is 0.0729. The molecule has 1 N–H and O–H groups in total. The van der Waals surface area contributed by atoms with E-state index in [0.29, 0.717) is 6.42 Å². The summed E-state index contributed by atoms with van der Waals surface area (Å²) in [7, 11) is 1.22. The van der Waals surface area contributed by atoms with Gasteiger partial charge in [0.1, 0.15) is 6.10 Å². The average molecular weight is 405 g/mol. The first kappa shape index (κ1) is 23.4. The minimum atomic E-state index is -0.856. The van der Waals surface area contributed by atoms with E-state index in [1.54, 1.807) is 0 Å². The summed E-state index contributed by atoms with van der Waals surface area (Å²) in [5, 5.41) is 5.08. The van der Waals surface area contributed by atoms with Gasteiger partial charge in [0.25, 0.3) is 0 Å². The highest BCUT2D eigenvalue weighted by molar-refractivity contribution is 6.32. The van der Waals surface area contributed by atoms with E-state index < -0.39 is 11.9 Å². The zero-order valence-electron chi connectivity index (χ0n) is 18.8. The highest BCUT2D eigenvalue weighted by atomic mass is 16.7.